The lowest BCUT2D eigenvalue weighted by atomic mass is 9.99. The van der Waals surface area contributed by atoms with E-state index in [1.165, 1.54) is 0 Å². The molecule has 0 saturated carbocycles. The summed E-state index contributed by atoms with van der Waals surface area (Å²) < 4.78 is 11.0. The third kappa shape index (κ3) is 12.6. The first-order valence-electron chi connectivity index (χ1n) is 11.1. The van der Waals surface area contributed by atoms with Gasteiger partial charge in [0.25, 0.3) is 0 Å². The van der Waals surface area contributed by atoms with Crippen LogP contribution < -0.4 is 10.6 Å². The minimum absolute atomic E-state index is 0.0505. The van der Waals surface area contributed by atoms with Gasteiger partial charge in [-0.3, -0.25) is 14.4 Å². The summed E-state index contributed by atoms with van der Waals surface area (Å²) in [6.07, 6.45) is 4.15. The molecule has 8 nitrogen and oxygen atoms in total. The molecule has 0 radical (unpaired) electrons. The van der Waals surface area contributed by atoms with Crippen molar-refractivity contribution in [1.29, 1.82) is 0 Å². The third-order valence-corrected chi connectivity index (χ3v) is 4.71. The first-order chi connectivity index (χ1) is 15.9. The highest BCUT2D eigenvalue weighted by Crippen LogP contribution is 2.11. The fourth-order valence-electron chi connectivity index (χ4n) is 2.92. The van der Waals surface area contributed by atoms with Gasteiger partial charge in [0.05, 0.1) is 31.8 Å². The number of esters is 1. The van der Waals surface area contributed by atoms with Gasteiger partial charge in [0.1, 0.15) is 6.61 Å². The van der Waals surface area contributed by atoms with E-state index >= 15 is 0 Å². The first kappa shape index (κ1) is 28.1. The molecule has 3 N–H and O–H groups in total. The van der Waals surface area contributed by atoms with Crippen molar-refractivity contribution in [3.8, 4) is 0 Å². The van der Waals surface area contributed by atoms with Crippen LogP contribution >= 0.6 is 0 Å². The zero-order valence-electron chi connectivity index (χ0n) is 19.3. The molecule has 1 rings (SSSR count). The Bertz CT molecular complexity index is 753. The molecule has 0 bridgehead atoms. The van der Waals surface area contributed by atoms with Gasteiger partial charge < -0.3 is 25.2 Å². The Kier molecular flexibility index (Phi) is 14.1. The Hall–Kier alpha value is -2.97. The number of amides is 2. The summed E-state index contributed by atoms with van der Waals surface area (Å²) >= 11 is 0. The maximum absolute atomic E-state index is 12.9. The van der Waals surface area contributed by atoms with Crippen molar-refractivity contribution >= 4 is 17.8 Å². The highest BCUT2D eigenvalue weighted by atomic mass is 16.5. The number of carbonyl (C=O) groups excluding carboxylic acids is 3. The maximum Gasteiger partial charge on any atom is 0.306 e. The lowest BCUT2D eigenvalue weighted by molar-refractivity contribution is -0.145. The Morgan fingerprint density at radius 1 is 1.09 bits per heavy atom. The van der Waals surface area contributed by atoms with Gasteiger partial charge in [0.15, 0.2) is 0 Å². The fourth-order valence-corrected chi connectivity index (χ4v) is 2.92. The number of benzene rings is 1. The molecule has 0 aliphatic rings. The molecule has 0 saturated heterocycles. The van der Waals surface area contributed by atoms with Crippen molar-refractivity contribution < 1.29 is 29.0 Å². The number of nitrogens with one attached hydrogen (secondary N) is 2. The van der Waals surface area contributed by atoms with E-state index < -0.39 is 24.0 Å². The SMILES string of the molecule is C=CCCC(=O)OCC(COCc1ccccc1)NC(=O)C(CC=C)CC(=O)NC(C)CO. The highest BCUT2D eigenvalue weighted by molar-refractivity contribution is 5.86. The highest BCUT2D eigenvalue weighted by Gasteiger charge is 2.24. The summed E-state index contributed by atoms with van der Waals surface area (Å²) in [5.74, 6) is -1.75. The minimum Gasteiger partial charge on any atom is -0.463 e. The molecular formula is C25H36N2O6. The number of hydrogen-bond acceptors (Lipinski definition) is 6. The third-order valence-electron chi connectivity index (χ3n) is 4.71. The Morgan fingerprint density at radius 3 is 2.45 bits per heavy atom. The van der Waals surface area contributed by atoms with Crippen LogP contribution in [0.3, 0.4) is 0 Å². The van der Waals surface area contributed by atoms with Gasteiger partial charge in [-0.05, 0) is 25.3 Å². The summed E-state index contributed by atoms with van der Waals surface area (Å²) in [4.78, 5) is 37.0. The average Bonchev–Trinajstić information content (AvgIpc) is 2.81. The van der Waals surface area contributed by atoms with Crippen LogP contribution in [0.4, 0.5) is 0 Å². The van der Waals surface area contributed by atoms with E-state index in [-0.39, 0.29) is 44.5 Å². The van der Waals surface area contributed by atoms with Crippen molar-refractivity contribution in [2.45, 2.75) is 51.3 Å². The average molecular weight is 461 g/mol. The molecule has 0 fully saturated rings. The van der Waals surface area contributed by atoms with Gasteiger partial charge in [-0.15, -0.1) is 13.2 Å². The van der Waals surface area contributed by atoms with Gasteiger partial charge in [-0.2, -0.15) is 0 Å². The first-order valence-corrected chi connectivity index (χ1v) is 11.1. The Balaban J connectivity index is 2.73. The summed E-state index contributed by atoms with van der Waals surface area (Å²) in [6.45, 7) is 9.14. The second-order valence-electron chi connectivity index (χ2n) is 7.79. The molecule has 1 aromatic carbocycles. The van der Waals surface area contributed by atoms with E-state index in [0.717, 1.165) is 5.56 Å². The molecule has 3 atom stereocenters. The van der Waals surface area contributed by atoms with E-state index in [9.17, 15) is 14.4 Å². The molecular weight excluding hydrogens is 424 g/mol. The lowest BCUT2D eigenvalue weighted by Crippen LogP contribution is -2.46. The summed E-state index contributed by atoms with van der Waals surface area (Å²) in [6, 6.07) is 8.58. The molecule has 0 aliphatic heterocycles. The standard InChI is InChI=1S/C25H36N2O6/c1-4-6-13-24(30)33-18-22(17-32-16-20-11-8-7-9-12-20)27-25(31)21(10-5-2)14-23(29)26-19(3)15-28/h4-5,7-9,11-12,19,21-22,28H,1-2,6,10,13-18H2,3H3,(H,26,29)(H,27,31). The van der Waals surface area contributed by atoms with Gasteiger partial charge in [-0.25, -0.2) is 0 Å². The van der Waals surface area contributed by atoms with Crippen LogP contribution in [-0.2, 0) is 30.5 Å². The summed E-state index contributed by atoms with van der Waals surface area (Å²) in [7, 11) is 0. The molecule has 182 valence electrons. The van der Waals surface area contributed by atoms with Crippen LogP contribution in [-0.4, -0.2) is 54.8 Å². The van der Waals surface area contributed by atoms with Crippen LogP contribution in [0.15, 0.2) is 55.6 Å². The lowest BCUT2D eigenvalue weighted by Gasteiger charge is -2.22. The second kappa shape index (κ2) is 16.6. The van der Waals surface area contributed by atoms with Crippen LogP contribution in [0.1, 0.15) is 38.2 Å². The van der Waals surface area contributed by atoms with E-state index in [2.05, 4.69) is 23.8 Å². The van der Waals surface area contributed by atoms with E-state index in [0.29, 0.717) is 19.4 Å². The molecule has 8 heteroatoms. The zero-order valence-corrected chi connectivity index (χ0v) is 19.3. The molecule has 0 heterocycles. The molecule has 33 heavy (non-hydrogen) atoms. The smallest absolute Gasteiger partial charge is 0.306 e. The molecule has 0 aromatic heterocycles. The molecule has 3 unspecified atom stereocenters. The number of allylic oxidation sites excluding steroid dienone is 2. The van der Waals surface area contributed by atoms with Crippen molar-refractivity contribution in [3.63, 3.8) is 0 Å². The number of carbonyl (C=O) groups is 3. The maximum atomic E-state index is 12.9. The normalized spacial score (nSPS) is 13.3. The Morgan fingerprint density at radius 2 is 1.82 bits per heavy atom. The van der Waals surface area contributed by atoms with E-state index in [4.69, 9.17) is 14.6 Å². The molecule has 2 amide bonds. The number of rotatable bonds is 17. The predicted octanol–water partition coefficient (Wildman–Crippen LogP) is 2.28. The summed E-state index contributed by atoms with van der Waals surface area (Å²) in [5, 5.41) is 14.6. The number of aliphatic hydroxyl groups excluding tert-OH is 1. The number of ether oxygens (including phenoxy) is 2. The van der Waals surface area contributed by atoms with Crippen LogP contribution in [0.5, 0.6) is 0 Å². The van der Waals surface area contributed by atoms with E-state index in [1.54, 1.807) is 19.1 Å². The van der Waals surface area contributed by atoms with Crippen molar-refractivity contribution in [2.24, 2.45) is 5.92 Å². The van der Waals surface area contributed by atoms with Gasteiger partial charge >= 0.3 is 5.97 Å². The zero-order chi connectivity index (χ0) is 24.5. The Labute approximate surface area is 196 Å². The second-order valence-corrected chi connectivity index (χ2v) is 7.79. The molecule has 0 spiro atoms. The summed E-state index contributed by atoms with van der Waals surface area (Å²) in [5.41, 5.74) is 0.977. The van der Waals surface area contributed by atoms with Crippen LogP contribution in [0, 0.1) is 5.92 Å². The molecule has 0 aliphatic carbocycles. The van der Waals surface area contributed by atoms with Crippen LogP contribution in [0.2, 0.25) is 0 Å². The number of hydrogen-bond donors (Lipinski definition) is 3. The quantitative estimate of drug-likeness (QED) is 0.243. The fraction of sp³-hybridized carbons (Fsp3) is 0.480. The molecule has 1 aromatic rings. The van der Waals surface area contributed by atoms with E-state index in [1.807, 2.05) is 30.3 Å². The van der Waals surface area contributed by atoms with Gasteiger partial charge in [0.2, 0.25) is 11.8 Å². The van der Waals surface area contributed by atoms with Crippen molar-refractivity contribution in [1.82, 2.24) is 10.6 Å². The van der Waals surface area contributed by atoms with Crippen molar-refractivity contribution in [3.05, 3.63) is 61.2 Å². The van der Waals surface area contributed by atoms with Gasteiger partial charge in [0, 0.05) is 18.9 Å². The van der Waals surface area contributed by atoms with Crippen LogP contribution in [0.25, 0.3) is 0 Å². The minimum atomic E-state index is -0.651. The topological polar surface area (TPSA) is 114 Å². The van der Waals surface area contributed by atoms with Gasteiger partial charge in [-0.1, -0.05) is 42.5 Å². The predicted molar refractivity (Wildman–Crippen MR) is 126 cm³/mol. The number of aliphatic hydroxyl groups is 1. The van der Waals surface area contributed by atoms with Crippen molar-refractivity contribution in [2.75, 3.05) is 19.8 Å². The largest absolute Gasteiger partial charge is 0.463 e. The monoisotopic (exact) mass is 460 g/mol.